The van der Waals surface area contributed by atoms with Crippen molar-refractivity contribution in [2.24, 2.45) is 0 Å². The van der Waals surface area contributed by atoms with Gasteiger partial charge in [0.15, 0.2) is 0 Å². The number of nitrogens with zero attached hydrogens (tertiary/aromatic N) is 2. The van der Waals surface area contributed by atoms with Crippen LogP contribution in [0.25, 0.3) is 10.2 Å². The molecule has 5 heteroatoms. The number of nitriles is 1. The van der Waals surface area contributed by atoms with E-state index in [4.69, 9.17) is 16.7 Å². The Bertz CT molecular complexity index is 681. The summed E-state index contributed by atoms with van der Waals surface area (Å²) in [6.45, 7) is 0. The smallest absolute Gasteiger partial charge is 0.145 e. The Kier molecular flexibility index (Phi) is 3.03. The zero-order valence-corrected chi connectivity index (χ0v) is 11.5. The molecule has 4 nitrogen and oxygen atoms in total. The van der Waals surface area contributed by atoms with Crippen molar-refractivity contribution >= 4 is 33.1 Å². The summed E-state index contributed by atoms with van der Waals surface area (Å²) in [5, 5.41) is 10.1. The van der Waals surface area contributed by atoms with Gasteiger partial charge in [-0.3, -0.25) is 0 Å². The molecule has 0 spiro atoms. The lowest BCUT2D eigenvalue weighted by Gasteiger charge is -2.10. The molecule has 2 heterocycles. The number of nitrogens with two attached hydrogens (primary N) is 2. The normalized spacial score (nSPS) is 15.5. The van der Waals surface area contributed by atoms with Crippen molar-refractivity contribution in [2.75, 3.05) is 11.5 Å². The van der Waals surface area contributed by atoms with Gasteiger partial charge in [0, 0.05) is 10.3 Å². The number of fused-ring (bicyclic) bond motifs is 3. The van der Waals surface area contributed by atoms with Gasteiger partial charge in [0.2, 0.25) is 0 Å². The zero-order chi connectivity index (χ0) is 13.4. The molecule has 2 aromatic rings. The molecule has 0 aromatic carbocycles. The topological polar surface area (TPSA) is 88.7 Å². The van der Waals surface area contributed by atoms with Gasteiger partial charge in [0.25, 0.3) is 0 Å². The molecule has 0 saturated carbocycles. The molecule has 0 saturated heterocycles. The molecule has 0 aliphatic heterocycles. The third kappa shape index (κ3) is 1.92. The summed E-state index contributed by atoms with van der Waals surface area (Å²) in [4.78, 5) is 6.64. The van der Waals surface area contributed by atoms with Crippen molar-refractivity contribution in [3.05, 3.63) is 16.0 Å². The lowest BCUT2D eigenvalue weighted by atomic mass is 9.96. The second-order valence-electron chi connectivity index (χ2n) is 5.00. The molecule has 4 N–H and O–H groups in total. The maximum atomic E-state index is 9.15. The lowest BCUT2D eigenvalue weighted by Crippen LogP contribution is -2.02. The van der Waals surface area contributed by atoms with Crippen LogP contribution in [0.1, 0.15) is 41.7 Å². The fourth-order valence-electron chi connectivity index (χ4n) is 2.81. The van der Waals surface area contributed by atoms with Crippen LogP contribution in [-0.2, 0) is 12.8 Å². The number of hydrogen-bond acceptors (Lipinski definition) is 5. The van der Waals surface area contributed by atoms with E-state index in [2.05, 4.69) is 11.1 Å². The number of aromatic nitrogens is 1. The first-order valence-electron chi connectivity index (χ1n) is 6.61. The van der Waals surface area contributed by atoms with Crippen LogP contribution < -0.4 is 11.5 Å². The number of hydrogen-bond donors (Lipinski definition) is 2. The molecule has 3 rings (SSSR count). The third-order valence-electron chi connectivity index (χ3n) is 3.78. The number of anilines is 2. The highest BCUT2D eigenvalue weighted by Crippen LogP contribution is 2.39. The summed E-state index contributed by atoms with van der Waals surface area (Å²) < 4.78 is 0. The van der Waals surface area contributed by atoms with Crippen molar-refractivity contribution in [3.63, 3.8) is 0 Å². The van der Waals surface area contributed by atoms with Crippen molar-refractivity contribution in [1.29, 1.82) is 5.26 Å². The van der Waals surface area contributed by atoms with Crippen LogP contribution in [-0.4, -0.2) is 4.98 Å². The van der Waals surface area contributed by atoms with E-state index in [0.717, 1.165) is 23.1 Å². The van der Waals surface area contributed by atoms with Crippen LogP contribution in [0, 0.1) is 11.3 Å². The first-order valence-corrected chi connectivity index (χ1v) is 7.43. The lowest BCUT2D eigenvalue weighted by molar-refractivity contribution is 0.624. The van der Waals surface area contributed by atoms with Crippen LogP contribution in [0.15, 0.2) is 0 Å². The Hall–Kier alpha value is -1.80. The largest absolute Gasteiger partial charge is 0.397 e. The highest BCUT2D eigenvalue weighted by molar-refractivity contribution is 7.19. The minimum absolute atomic E-state index is 0.252. The summed E-state index contributed by atoms with van der Waals surface area (Å²) in [6.07, 6.45) is 7.10. The molecule has 0 radical (unpaired) electrons. The molecule has 1 aliphatic carbocycles. The molecule has 98 valence electrons. The van der Waals surface area contributed by atoms with E-state index in [1.165, 1.54) is 36.1 Å². The zero-order valence-electron chi connectivity index (χ0n) is 10.7. The molecule has 0 fully saturated rings. The van der Waals surface area contributed by atoms with Crippen molar-refractivity contribution in [2.45, 2.75) is 38.5 Å². The number of pyridine rings is 1. The maximum Gasteiger partial charge on any atom is 0.145 e. The van der Waals surface area contributed by atoms with E-state index in [1.807, 2.05) is 0 Å². The van der Waals surface area contributed by atoms with Crippen molar-refractivity contribution in [3.8, 4) is 6.07 Å². The molecule has 0 amide bonds. The molecule has 0 unspecified atom stereocenters. The second-order valence-corrected chi connectivity index (χ2v) is 6.08. The van der Waals surface area contributed by atoms with Crippen molar-refractivity contribution < 1.29 is 0 Å². The van der Waals surface area contributed by atoms with Crippen LogP contribution in [0.4, 0.5) is 11.5 Å². The van der Waals surface area contributed by atoms with E-state index >= 15 is 0 Å². The fraction of sp³-hybridized carbons (Fsp3) is 0.429. The Balaban J connectivity index is 2.29. The number of rotatable bonds is 0. The van der Waals surface area contributed by atoms with Crippen LogP contribution in [0.2, 0.25) is 0 Å². The van der Waals surface area contributed by atoms with Gasteiger partial charge < -0.3 is 11.5 Å². The van der Waals surface area contributed by atoms with Crippen LogP contribution in [0.3, 0.4) is 0 Å². The molecule has 0 atom stereocenters. The van der Waals surface area contributed by atoms with Gasteiger partial charge in [0.05, 0.1) is 5.69 Å². The first-order chi connectivity index (χ1) is 9.22. The molecule has 19 heavy (non-hydrogen) atoms. The van der Waals surface area contributed by atoms with Gasteiger partial charge in [-0.25, -0.2) is 4.98 Å². The quantitative estimate of drug-likeness (QED) is 0.771. The molecule has 0 bridgehead atoms. The summed E-state index contributed by atoms with van der Waals surface area (Å²) >= 11 is 1.69. The predicted molar refractivity (Wildman–Crippen MR) is 79.0 cm³/mol. The Labute approximate surface area is 116 Å². The number of aryl methyl sites for hydroxylation is 2. The molecule has 1 aliphatic rings. The summed E-state index contributed by atoms with van der Waals surface area (Å²) in [6, 6.07) is 2.07. The SMILES string of the molecule is N#Cc1c(N)nc2sc3c(c2c1N)CCCCCC3. The minimum atomic E-state index is 0.252. The average Bonchev–Trinajstić information content (AvgIpc) is 2.67. The molecule has 2 aromatic heterocycles. The van der Waals surface area contributed by atoms with E-state index in [9.17, 15) is 0 Å². The van der Waals surface area contributed by atoms with E-state index in [1.54, 1.807) is 11.3 Å². The van der Waals surface area contributed by atoms with Gasteiger partial charge in [-0.05, 0) is 31.2 Å². The second kappa shape index (κ2) is 4.71. The predicted octanol–water partition coefficient (Wildman–Crippen LogP) is 2.99. The van der Waals surface area contributed by atoms with Gasteiger partial charge >= 0.3 is 0 Å². The minimum Gasteiger partial charge on any atom is -0.397 e. The first kappa shape index (κ1) is 12.2. The number of thiophene rings is 1. The standard InChI is InChI=1S/C14H16N4S/c15-7-9-12(16)11-8-5-3-1-2-4-6-10(8)19-14(11)18-13(9)17/h1-6H2,(H4,16,17,18). The Morgan fingerprint density at radius 1 is 1.11 bits per heavy atom. The third-order valence-corrected chi connectivity index (χ3v) is 4.97. The van der Waals surface area contributed by atoms with Gasteiger partial charge in [-0.15, -0.1) is 11.3 Å². The molecular weight excluding hydrogens is 256 g/mol. The summed E-state index contributed by atoms with van der Waals surface area (Å²) in [5.41, 5.74) is 14.1. The summed E-state index contributed by atoms with van der Waals surface area (Å²) in [5.74, 6) is 0.252. The van der Waals surface area contributed by atoms with Crippen molar-refractivity contribution in [1.82, 2.24) is 4.98 Å². The summed E-state index contributed by atoms with van der Waals surface area (Å²) in [7, 11) is 0. The maximum absolute atomic E-state index is 9.15. The fourth-order valence-corrected chi connectivity index (χ4v) is 4.09. The average molecular weight is 272 g/mol. The Morgan fingerprint density at radius 2 is 1.84 bits per heavy atom. The van der Waals surface area contributed by atoms with Gasteiger partial charge in [0.1, 0.15) is 22.3 Å². The van der Waals surface area contributed by atoms with Crippen LogP contribution >= 0.6 is 11.3 Å². The monoisotopic (exact) mass is 272 g/mol. The number of nitrogen functional groups attached to an aromatic ring is 2. The van der Waals surface area contributed by atoms with Gasteiger partial charge in [-0.2, -0.15) is 5.26 Å². The Morgan fingerprint density at radius 3 is 2.58 bits per heavy atom. The van der Waals surface area contributed by atoms with E-state index in [-0.39, 0.29) is 5.82 Å². The highest BCUT2D eigenvalue weighted by atomic mass is 32.1. The van der Waals surface area contributed by atoms with Crippen LogP contribution in [0.5, 0.6) is 0 Å². The highest BCUT2D eigenvalue weighted by Gasteiger charge is 2.20. The van der Waals surface area contributed by atoms with E-state index in [0.29, 0.717) is 11.3 Å². The molecular formula is C14H16N4S. The van der Waals surface area contributed by atoms with E-state index < -0.39 is 0 Å². The van der Waals surface area contributed by atoms with Gasteiger partial charge in [-0.1, -0.05) is 12.8 Å².